The van der Waals surface area contributed by atoms with E-state index in [4.69, 9.17) is 4.42 Å². The van der Waals surface area contributed by atoms with E-state index in [-0.39, 0.29) is 22.9 Å². The summed E-state index contributed by atoms with van der Waals surface area (Å²) in [5.74, 6) is -0.324. The van der Waals surface area contributed by atoms with E-state index >= 15 is 0 Å². The first-order valence-corrected chi connectivity index (χ1v) is 11.6. The number of furan rings is 1. The van der Waals surface area contributed by atoms with Crippen LogP contribution in [0.25, 0.3) is 0 Å². The molecule has 0 saturated carbocycles. The second kappa shape index (κ2) is 8.88. The first-order valence-electron chi connectivity index (χ1n) is 10.2. The number of nitrogens with one attached hydrogen (secondary N) is 2. The van der Waals surface area contributed by atoms with Gasteiger partial charge in [-0.05, 0) is 55.3 Å². The van der Waals surface area contributed by atoms with Gasteiger partial charge in [0, 0.05) is 12.1 Å². The highest BCUT2D eigenvalue weighted by atomic mass is 32.2. The van der Waals surface area contributed by atoms with Gasteiger partial charge in [0.25, 0.3) is 15.9 Å². The molecule has 0 fully saturated rings. The molecule has 4 rings (SSSR count). The smallest absolute Gasteiger partial charge is 0.264 e. The van der Waals surface area contributed by atoms with Crippen LogP contribution in [0.1, 0.15) is 28.6 Å². The van der Waals surface area contributed by atoms with Crippen LogP contribution in [0.2, 0.25) is 0 Å². The molecule has 2 aromatic carbocycles. The summed E-state index contributed by atoms with van der Waals surface area (Å²) in [7, 11) is -3.82. The van der Waals surface area contributed by atoms with Crippen molar-refractivity contribution in [2.75, 3.05) is 10.8 Å². The number of carbonyl (C=O) groups excluding carboxylic acids is 2. The fourth-order valence-corrected chi connectivity index (χ4v) is 5.12. The van der Waals surface area contributed by atoms with E-state index in [1.807, 2.05) is 12.1 Å². The molecule has 1 atom stereocenters. The van der Waals surface area contributed by atoms with Gasteiger partial charge in [-0.15, -0.1) is 0 Å². The summed E-state index contributed by atoms with van der Waals surface area (Å²) in [6.45, 7) is 2.11. The number of nitrogens with zero attached hydrogens (tertiary/aromatic N) is 1. The zero-order valence-electron chi connectivity index (χ0n) is 17.4. The van der Waals surface area contributed by atoms with E-state index in [1.54, 1.807) is 31.2 Å². The molecule has 3 aromatic rings. The van der Waals surface area contributed by atoms with Gasteiger partial charge in [0.05, 0.1) is 23.4 Å². The Bertz CT molecular complexity index is 1240. The minimum absolute atomic E-state index is 0.0248. The summed E-state index contributed by atoms with van der Waals surface area (Å²) < 4.78 is 33.0. The highest BCUT2D eigenvalue weighted by Crippen LogP contribution is 2.32. The van der Waals surface area contributed by atoms with Gasteiger partial charge in [0.2, 0.25) is 5.91 Å². The molecule has 1 aliphatic rings. The predicted octanol–water partition coefficient (Wildman–Crippen LogP) is 2.47. The summed E-state index contributed by atoms with van der Waals surface area (Å²) in [4.78, 5) is 25.0. The van der Waals surface area contributed by atoms with Crippen LogP contribution < -0.4 is 14.9 Å². The molecule has 1 unspecified atom stereocenters. The Balaban J connectivity index is 1.45. The van der Waals surface area contributed by atoms with Crippen LogP contribution in [0.3, 0.4) is 0 Å². The Morgan fingerprint density at radius 2 is 1.91 bits per heavy atom. The summed E-state index contributed by atoms with van der Waals surface area (Å²) in [6.07, 6.45) is 2.15. The van der Waals surface area contributed by atoms with Crippen LogP contribution in [-0.4, -0.2) is 32.8 Å². The lowest BCUT2D eigenvalue weighted by atomic mass is 10.2. The minimum atomic E-state index is -3.82. The number of amides is 2. The average molecular weight is 454 g/mol. The molecule has 32 heavy (non-hydrogen) atoms. The second-order valence-electron chi connectivity index (χ2n) is 7.48. The summed E-state index contributed by atoms with van der Waals surface area (Å²) in [5.41, 5.74) is 1.79. The molecule has 0 bridgehead atoms. The fraction of sp³-hybridized carbons (Fsp3) is 0.217. The topological polar surface area (TPSA) is 109 Å². The third-order valence-corrected chi connectivity index (χ3v) is 7.10. The maximum atomic E-state index is 13.2. The van der Waals surface area contributed by atoms with Crippen molar-refractivity contribution in [2.45, 2.75) is 30.8 Å². The van der Waals surface area contributed by atoms with Gasteiger partial charge in [0.15, 0.2) is 0 Å². The first kappa shape index (κ1) is 21.6. The van der Waals surface area contributed by atoms with Crippen molar-refractivity contribution in [3.8, 4) is 0 Å². The largest absolute Gasteiger partial charge is 0.467 e. The average Bonchev–Trinajstić information content (AvgIpc) is 3.47. The maximum Gasteiger partial charge on any atom is 0.264 e. The number of anilines is 1. The van der Waals surface area contributed by atoms with Crippen LogP contribution in [0.15, 0.2) is 76.2 Å². The van der Waals surface area contributed by atoms with Crippen LogP contribution >= 0.6 is 0 Å². The zero-order chi connectivity index (χ0) is 22.7. The molecule has 2 heterocycles. The number of para-hydroxylation sites is 1. The van der Waals surface area contributed by atoms with Crippen molar-refractivity contribution in [3.63, 3.8) is 0 Å². The van der Waals surface area contributed by atoms with Gasteiger partial charge < -0.3 is 15.1 Å². The third-order valence-electron chi connectivity index (χ3n) is 5.29. The molecule has 2 amide bonds. The number of fused-ring (bicyclic) bond motifs is 1. The van der Waals surface area contributed by atoms with Gasteiger partial charge in [-0.3, -0.25) is 13.9 Å². The number of carbonyl (C=O) groups is 2. The lowest BCUT2D eigenvalue weighted by Gasteiger charge is -2.20. The number of rotatable bonds is 7. The normalized spacial score (nSPS) is 14.0. The maximum absolute atomic E-state index is 13.2. The number of hydrogen-bond acceptors (Lipinski definition) is 5. The van der Waals surface area contributed by atoms with E-state index in [0.29, 0.717) is 24.4 Å². The van der Waals surface area contributed by atoms with Crippen molar-refractivity contribution in [1.82, 2.24) is 10.6 Å². The molecule has 1 aliphatic heterocycles. The van der Waals surface area contributed by atoms with E-state index in [2.05, 4.69) is 10.6 Å². The van der Waals surface area contributed by atoms with Gasteiger partial charge >= 0.3 is 0 Å². The SMILES string of the molecule is CC(NC(=O)c1cccc(S(=O)(=O)N2CCc3ccccc32)c1)C(=O)NCc1ccco1. The Hall–Kier alpha value is -3.59. The van der Waals surface area contributed by atoms with Crippen molar-refractivity contribution in [3.05, 3.63) is 83.8 Å². The summed E-state index contributed by atoms with van der Waals surface area (Å²) in [6, 6.07) is 15.8. The molecule has 0 spiro atoms. The van der Waals surface area contributed by atoms with Gasteiger partial charge in [-0.2, -0.15) is 0 Å². The molecule has 0 aliphatic carbocycles. The number of sulfonamides is 1. The Morgan fingerprint density at radius 1 is 1.09 bits per heavy atom. The summed E-state index contributed by atoms with van der Waals surface area (Å²) in [5, 5.41) is 5.27. The summed E-state index contributed by atoms with van der Waals surface area (Å²) >= 11 is 0. The van der Waals surface area contributed by atoms with Gasteiger partial charge in [-0.1, -0.05) is 24.3 Å². The van der Waals surface area contributed by atoms with Crippen LogP contribution in [0.4, 0.5) is 5.69 Å². The van der Waals surface area contributed by atoms with Crippen LogP contribution in [0, 0.1) is 0 Å². The van der Waals surface area contributed by atoms with Crippen LogP contribution in [0.5, 0.6) is 0 Å². The van der Waals surface area contributed by atoms with Crippen LogP contribution in [-0.2, 0) is 27.8 Å². The van der Waals surface area contributed by atoms with Gasteiger partial charge in [0.1, 0.15) is 11.8 Å². The molecule has 2 N–H and O–H groups in total. The van der Waals surface area contributed by atoms with E-state index < -0.39 is 22.0 Å². The Kier molecular flexibility index (Phi) is 6.00. The number of hydrogen-bond donors (Lipinski definition) is 2. The van der Waals surface area contributed by atoms with Gasteiger partial charge in [-0.25, -0.2) is 8.42 Å². The Labute approximate surface area is 186 Å². The third kappa shape index (κ3) is 4.38. The molecular weight excluding hydrogens is 430 g/mol. The fourth-order valence-electron chi connectivity index (χ4n) is 3.57. The van der Waals surface area contributed by atoms with E-state index in [9.17, 15) is 18.0 Å². The molecule has 8 nitrogen and oxygen atoms in total. The van der Waals surface area contributed by atoms with Crippen molar-refractivity contribution in [1.29, 1.82) is 0 Å². The molecule has 9 heteroatoms. The van der Waals surface area contributed by atoms with E-state index in [1.165, 1.54) is 34.8 Å². The Morgan fingerprint density at radius 3 is 2.69 bits per heavy atom. The molecule has 0 radical (unpaired) electrons. The standard InChI is InChI=1S/C23H23N3O5S/c1-16(22(27)24-15-19-8-5-13-31-19)25-23(28)18-7-4-9-20(14-18)32(29,30)26-12-11-17-6-2-3-10-21(17)26/h2-10,13-14,16H,11-12,15H2,1H3,(H,24,27)(H,25,28). The molecule has 1 aromatic heterocycles. The predicted molar refractivity (Wildman–Crippen MR) is 119 cm³/mol. The van der Waals surface area contributed by atoms with E-state index in [0.717, 1.165) is 5.56 Å². The second-order valence-corrected chi connectivity index (χ2v) is 9.34. The molecule has 0 saturated heterocycles. The molecular formula is C23H23N3O5S. The lowest BCUT2D eigenvalue weighted by Crippen LogP contribution is -2.44. The lowest BCUT2D eigenvalue weighted by molar-refractivity contribution is -0.122. The quantitative estimate of drug-likeness (QED) is 0.571. The highest BCUT2D eigenvalue weighted by Gasteiger charge is 2.31. The van der Waals surface area contributed by atoms with Crippen molar-refractivity contribution >= 4 is 27.5 Å². The van der Waals surface area contributed by atoms with Crippen molar-refractivity contribution < 1.29 is 22.4 Å². The highest BCUT2D eigenvalue weighted by molar-refractivity contribution is 7.92. The van der Waals surface area contributed by atoms with Crippen molar-refractivity contribution in [2.24, 2.45) is 0 Å². The minimum Gasteiger partial charge on any atom is -0.467 e. The zero-order valence-corrected chi connectivity index (χ0v) is 18.3. The molecule has 166 valence electrons. The first-order chi connectivity index (χ1) is 15.4. The number of benzene rings is 2. The monoisotopic (exact) mass is 453 g/mol.